The minimum atomic E-state index is -0.161. The number of hydrogen-bond donors (Lipinski definition) is 1. The number of thiophene rings is 1. The SMILES string of the molecule is CCOc1ccc(-n2c(SCC(=O)Nc3ccccc3-c3ccccc3)nc3sc4c(c3c2=O)CCCC4)cc1. The number of thioether (sulfide) groups is 1. The second kappa shape index (κ2) is 11.7. The molecule has 0 unspecified atom stereocenters. The highest BCUT2D eigenvalue weighted by molar-refractivity contribution is 7.99. The summed E-state index contributed by atoms with van der Waals surface area (Å²) < 4.78 is 7.26. The number of carbonyl (C=O) groups excluding carboxylic acids is 1. The Kier molecular flexibility index (Phi) is 7.71. The van der Waals surface area contributed by atoms with Gasteiger partial charge in [0, 0.05) is 16.1 Å². The number of anilines is 1. The zero-order valence-corrected chi connectivity index (χ0v) is 23.8. The highest BCUT2D eigenvalue weighted by atomic mass is 32.2. The van der Waals surface area contributed by atoms with Gasteiger partial charge in [-0.1, -0.05) is 60.3 Å². The molecule has 0 fully saturated rings. The molecule has 1 N–H and O–H groups in total. The number of fused-ring (bicyclic) bond motifs is 3. The molecule has 0 atom stereocenters. The highest BCUT2D eigenvalue weighted by Crippen LogP contribution is 2.35. The molecule has 5 aromatic rings. The van der Waals surface area contributed by atoms with Gasteiger partial charge in [-0.25, -0.2) is 4.98 Å². The van der Waals surface area contributed by atoms with Crippen LogP contribution in [-0.4, -0.2) is 27.8 Å². The van der Waals surface area contributed by atoms with E-state index in [1.807, 2.05) is 85.8 Å². The lowest BCUT2D eigenvalue weighted by atomic mass is 9.97. The molecule has 3 aromatic carbocycles. The van der Waals surface area contributed by atoms with E-state index in [4.69, 9.17) is 9.72 Å². The van der Waals surface area contributed by atoms with E-state index in [-0.39, 0.29) is 17.2 Å². The predicted molar refractivity (Wildman–Crippen MR) is 164 cm³/mol. The molecule has 40 heavy (non-hydrogen) atoms. The quantitative estimate of drug-likeness (QED) is 0.160. The van der Waals surface area contributed by atoms with E-state index in [1.54, 1.807) is 15.9 Å². The number of ether oxygens (including phenoxy) is 1. The average Bonchev–Trinajstić information content (AvgIpc) is 3.36. The summed E-state index contributed by atoms with van der Waals surface area (Å²) in [7, 11) is 0. The maximum atomic E-state index is 14.0. The fourth-order valence-corrected chi connectivity index (χ4v) is 7.26. The van der Waals surface area contributed by atoms with Crippen molar-refractivity contribution in [2.24, 2.45) is 0 Å². The van der Waals surface area contributed by atoms with Gasteiger partial charge >= 0.3 is 0 Å². The van der Waals surface area contributed by atoms with Crippen LogP contribution >= 0.6 is 23.1 Å². The van der Waals surface area contributed by atoms with E-state index in [2.05, 4.69) is 5.32 Å². The molecule has 6 rings (SSSR count). The number of amides is 1. The number of para-hydroxylation sites is 1. The van der Waals surface area contributed by atoms with Gasteiger partial charge in [0.25, 0.3) is 5.56 Å². The first-order valence-corrected chi connectivity index (χ1v) is 15.3. The van der Waals surface area contributed by atoms with E-state index in [1.165, 1.54) is 16.6 Å². The number of carbonyl (C=O) groups is 1. The van der Waals surface area contributed by atoms with Crippen LogP contribution in [0.15, 0.2) is 88.8 Å². The van der Waals surface area contributed by atoms with Crippen LogP contribution in [0.3, 0.4) is 0 Å². The third-order valence-electron chi connectivity index (χ3n) is 6.98. The monoisotopic (exact) mass is 567 g/mol. The Morgan fingerprint density at radius 3 is 2.55 bits per heavy atom. The van der Waals surface area contributed by atoms with E-state index in [0.29, 0.717) is 17.5 Å². The summed E-state index contributed by atoms with van der Waals surface area (Å²) in [4.78, 5) is 34.2. The molecule has 1 amide bonds. The van der Waals surface area contributed by atoms with Crippen molar-refractivity contribution in [3.8, 4) is 22.6 Å². The van der Waals surface area contributed by atoms with Crippen LogP contribution in [-0.2, 0) is 17.6 Å². The van der Waals surface area contributed by atoms with Crippen LogP contribution in [0.4, 0.5) is 5.69 Å². The lowest BCUT2D eigenvalue weighted by Gasteiger charge is -2.15. The average molecular weight is 568 g/mol. The van der Waals surface area contributed by atoms with Gasteiger partial charge in [0.1, 0.15) is 10.6 Å². The summed E-state index contributed by atoms with van der Waals surface area (Å²) in [5, 5.41) is 4.29. The third kappa shape index (κ3) is 5.29. The first-order chi connectivity index (χ1) is 19.6. The van der Waals surface area contributed by atoms with Gasteiger partial charge in [-0.2, -0.15) is 0 Å². The molecule has 8 heteroatoms. The summed E-state index contributed by atoms with van der Waals surface area (Å²) in [6.07, 6.45) is 4.12. The molecule has 0 spiro atoms. The van der Waals surface area contributed by atoms with Crippen LogP contribution in [0, 0.1) is 0 Å². The number of nitrogens with zero attached hydrogens (tertiary/aromatic N) is 2. The van der Waals surface area contributed by atoms with Crippen molar-refractivity contribution < 1.29 is 9.53 Å². The van der Waals surface area contributed by atoms with Crippen molar-refractivity contribution in [3.05, 3.63) is 99.7 Å². The number of nitrogens with one attached hydrogen (secondary N) is 1. The lowest BCUT2D eigenvalue weighted by molar-refractivity contribution is -0.113. The fourth-order valence-electron chi connectivity index (χ4n) is 5.15. The van der Waals surface area contributed by atoms with E-state index in [9.17, 15) is 9.59 Å². The van der Waals surface area contributed by atoms with E-state index < -0.39 is 0 Å². The van der Waals surface area contributed by atoms with Crippen LogP contribution < -0.4 is 15.6 Å². The maximum absolute atomic E-state index is 14.0. The minimum absolute atomic E-state index is 0.0779. The molecular formula is C32H29N3O3S2. The number of aromatic nitrogens is 2. The second-order valence-electron chi connectivity index (χ2n) is 9.60. The molecular weight excluding hydrogens is 539 g/mol. The zero-order valence-electron chi connectivity index (χ0n) is 22.2. The second-order valence-corrected chi connectivity index (χ2v) is 11.6. The summed E-state index contributed by atoms with van der Waals surface area (Å²) in [6.45, 7) is 2.51. The Hall–Kier alpha value is -3.88. The largest absolute Gasteiger partial charge is 0.494 e. The van der Waals surface area contributed by atoms with Gasteiger partial charge in [-0.05, 0) is 74.1 Å². The topological polar surface area (TPSA) is 73.2 Å². The Morgan fingerprint density at radius 1 is 1.00 bits per heavy atom. The zero-order chi connectivity index (χ0) is 27.5. The third-order valence-corrected chi connectivity index (χ3v) is 9.11. The number of hydrogen-bond acceptors (Lipinski definition) is 6. The molecule has 2 heterocycles. The first kappa shape index (κ1) is 26.3. The first-order valence-electron chi connectivity index (χ1n) is 13.5. The van der Waals surface area contributed by atoms with E-state index >= 15 is 0 Å². The van der Waals surface area contributed by atoms with Gasteiger partial charge in [-0.15, -0.1) is 11.3 Å². The van der Waals surface area contributed by atoms with Crippen molar-refractivity contribution in [2.75, 3.05) is 17.7 Å². The molecule has 202 valence electrons. The summed E-state index contributed by atoms with van der Waals surface area (Å²) >= 11 is 2.89. The van der Waals surface area contributed by atoms with Crippen molar-refractivity contribution in [2.45, 2.75) is 37.8 Å². The van der Waals surface area contributed by atoms with Gasteiger partial charge in [0.15, 0.2) is 5.16 Å². The number of aryl methyl sites for hydroxylation is 2. The van der Waals surface area contributed by atoms with Gasteiger partial charge < -0.3 is 10.1 Å². The highest BCUT2D eigenvalue weighted by Gasteiger charge is 2.23. The predicted octanol–water partition coefficient (Wildman–Crippen LogP) is 7.12. The van der Waals surface area contributed by atoms with Crippen LogP contribution in [0.25, 0.3) is 27.0 Å². The molecule has 0 radical (unpaired) electrons. The molecule has 0 bridgehead atoms. The Balaban J connectivity index is 1.33. The van der Waals surface area contributed by atoms with Crippen LogP contribution in [0.1, 0.15) is 30.2 Å². The van der Waals surface area contributed by atoms with Gasteiger partial charge in [0.05, 0.1) is 23.4 Å². The Morgan fingerprint density at radius 2 is 1.75 bits per heavy atom. The van der Waals surface area contributed by atoms with Gasteiger partial charge in [0.2, 0.25) is 5.91 Å². The number of benzene rings is 3. The van der Waals surface area contributed by atoms with Crippen molar-refractivity contribution in [1.29, 1.82) is 0 Å². The molecule has 2 aromatic heterocycles. The summed E-state index contributed by atoms with van der Waals surface area (Å²) in [6, 6.07) is 25.2. The fraction of sp³-hybridized carbons (Fsp3) is 0.219. The minimum Gasteiger partial charge on any atom is -0.494 e. The van der Waals surface area contributed by atoms with Crippen LogP contribution in [0.2, 0.25) is 0 Å². The number of rotatable bonds is 8. The molecule has 1 aliphatic rings. The molecule has 0 aliphatic heterocycles. The standard InChI is InChI=1S/C32H29N3O3S2/c1-2-38-23-18-16-22(17-19-23)35-31(37)29-25-13-7-9-15-27(25)40-30(29)34-32(35)39-20-28(36)33-26-14-8-6-12-24(26)21-10-4-3-5-11-21/h3-6,8,10-12,14,16-19H,2,7,9,13,15,20H2,1H3,(H,33,36). The van der Waals surface area contributed by atoms with Crippen molar-refractivity contribution in [1.82, 2.24) is 9.55 Å². The molecule has 6 nitrogen and oxygen atoms in total. The van der Waals surface area contributed by atoms with E-state index in [0.717, 1.165) is 64.0 Å². The van der Waals surface area contributed by atoms with Gasteiger partial charge in [-0.3, -0.25) is 14.2 Å². The van der Waals surface area contributed by atoms with Crippen molar-refractivity contribution >= 4 is 44.9 Å². The van der Waals surface area contributed by atoms with Crippen LogP contribution in [0.5, 0.6) is 5.75 Å². The lowest BCUT2D eigenvalue weighted by Crippen LogP contribution is -2.23. The molecule has 0 saturated carbocycles. The maximum Gasteiger partial charge on any atom is 0.267 e. The summed E-state index contributed by atoms with van der Waals surface area (Å²) in [5.74, 6) is 0.696. The summed E-state index contributed by atoms with van der Waals surface area (Å²) in [5.41, 5.74) is 4.51. The Labute approximate surface area is 241 Å². The normalized spacial score (nSPS) is 12.7. The molecule has 0 saturated heterocycles. The smallest absolute Gasteiger partial charge is 0.267 e. The molecule has 1 aliphatic carbocycles. The Bertz CT molecular complexity index is 1730. The van der Waals surface area contributed by atoms with Crippen molar-refractivity contribution in [3.63, 3.8) is 0 Å².